The third kappa shape index (κ3) is 1.16. The predicted octanol–water partition coefficient (Wildman–Crippen LogP) is 2.57. The normalized spacial score (nSPS) is 40.6. The highest BCUT2D eigenvalue weighted by atomic mass is 16.6. The zero-order valence-electron chi connectivity index (χ0n) is 11.4. The molecule has 0 aromatic rings. The van der Waals surface area contributed by atoms with Crippen LogP contribution in [0.5, 0.6) is 0 Å². The number of nitrogens with zero attached hydrogens (tertiary/aromatic N) is 1. The summed E-state index contributed by atoms with van der Waals surface area (Å²) in [5.41, 5.74) is 0.168. The zero-order chi connectivity index (χ0) is 13.1. The molecule has 2 bridgehead atoms. The second-order valence-electron chi connectivity index (χ2n) is 6.54. The number of hydrogen-bond donors (Lipinski definition) is 0. The van der Waals surface area contributed by atoms with Gasteiger partial charge in [-0.1, -0.05) is 20.8 Å². The fourth-order valence-corrected chi connectivity index (χ4v) is 4.57. The van der Waals surface area contributed by atoms with Crippen LogP contribution in [0.2, 0.25) is 0 Å². The van der Waals surface area contributed by atoms with Crippen molar-refractivity contribution in [1.82, 2.24) is 4.90 Å². The van der Waals surface area contributed by atoms with Crippen LogP contribution in [0, 0.1) is 16.7 Å². The minimum Gasteiger partial charge on any atom is -0.448 e. The van der Waals surface area contributed by atoms with Gasteiger partial charge in [-0.2, -0.15) is 0 Å². The summed E-state index contributed by atoms with van der Waals surface area (Å²) in [7, 11) is 0. The number of rotatable bonds is 1. The van der Waals surface area contributed by atoms with Crippen LogP contribution < -0.4 is 0 Å². The average molecular weight is 251 g/mol. The highest BCUT2D eigenvalue weighted by Gasteiger charge is 2.68. The summed E-state index contributed by atoms with van der Waals surface area (Å²) in [6.45, 7) is 6.85. The summed E-state index contributed by atoms with van der Waals surface area (Å²) in [5.74, 6) is 0.525. The van der Waals surface area contributed by atoms with Gasteiger partial charge < -0.3 is 4.74 Å². The summed E-state index contributed by atoms with van der Waals surface area (Å²) in [4.78, 5) is 25.4. The molecule has 4 heteroatoms. The van der Waals surface area contributed by atoms with Crippen LogP contribution in [0.15, 0.2) is 0 Å². The number of carbonyl (C=O) groups excluding carboxylic acids is 2. The first kappa shape index (κ1) is 12.0. The lowest BCUT2D eigenvalue weighted by molar-refractivity contribution is -0.142. The number of hydrogen-bond acceptors (Lipinski definition) is 3. The van der Waals surface area contributed by atoms with E-state index in [4.69, 9.17) is 4.74 Å². The smallest absolute Gasteiger partial charge is 0.416 e. The highest BCUT2D eigenvalue weighted by Crippen LogP contribution is 2.67. The van der Waals surface area contributed by atoms with Gasteiger partial charge in [-0.05, 0) is 30.6 Å². The molecule has 0 unspecified atom stereocenters. The number of ether oxygens (including phenoxy) is 1. The van der Waals surface area contributed by atoms with Crippen LogP contribution in [0.3, 0.4) is 0 Å². The van der Waals surface area contributed by atoms with Crippen molar-refractivity contribution in [2.45, 2.75) is 52.5 Å². The number of cyclic esters (lactones) is 1. The van der Waals surface area contributed by atoms with E-state index in [0.717, 1.165) is 12.8 Å². The van der Waals surface area contributed by atoms with Crippen LogP contribution in [-0.4, -0.2) is 29.5 Å². The van der Waals surface area contributed by atoms with Gasteiger partial charge >= 0.3 is 6.09 Å². The molecule has 1 heterocycles. The molecule has 3 fully saturated rings. The van der Waals surface area contributed by atoms with Gasteiger partial charge in [0.1, 0.15) is 6.61 Å². The standard InChI is InChI=1S/C14H21NO3/c1-4-11(16)15-10-7-9-5-6-14(10,13(9,2)3)8-18-12(15)17/h9-10H,4-8H2,1-3H3/t9-,10-,14-/m1/s1. The molecule has 3 atom stereocenters. The minimum absolute atomic E-state index is 0.00356. The van der Waals surface area contributed by atoms with E-state index in [1.165, 1.54) is 11.3 Å². The molecule has 3 rings (SSSR count). The molecule has 2 saturated carbocycles. The second-order valence-corrected chi connectivity index (χ2v) is 6.54. The molecule has 1 aliphatic heterocycles. The molecule has 3 aliphatic rings. The summed E-state index contributed by atoms with van der Waals surface area (Å²) in [6, 6.07) is 0.0694. The van der Waals surface area contributed by atoms with Crippen LogP contribution in [0.4, 0.5) is 4.79 Å². The second kappa shape index (κ2) is 3.49. The summed E-state index contributed by atoms with van der Waals surface area (Å²) in [6.07, 6.45) is 3.19. The first-order valence-electron chi connectivity index (χ1n) is 6.93. The number of fused-ring (bicyclic) bond motifs is 1. The van der Waals surface area contributed by atoms with Crippen LogP contribution >= 0.6 is 0 Å². The maximum Gasteiger partial charge on any atom is 0.416 e. The zero-order valence-corrected chi connectivity index (χ0v) is 11.4. The number of amides is 2. The monoisotopic (exact) mass is 251 g/mol. The van der Waals surface area contributed by atoms with Crippen molar-refractivity contribution in [3.05, 3.63) is 0 Å². The molecule has 2 aliphatic carbocycles. The fraction of sp³-hybridized carbons (Fsp3) is 0.857. The van der Waals surface area contributed by atoms with Crippen LogP contribution in [0.25, 0.3) is 0 Å². The van der Waals surface area contributed by atoms with Gasteiger partial charge in [0.25, 0.3) is 0 Å². The molecule has 18 heavy (non-hydrogen) atoms. The third-order valence-electron chi connectivity index (χ3n) is 5.92. The topological polar surface area (TPSA) is 46.6 Å². The molecule has 0 N–H and O–H groups in total. The first-order chi connectivity index (χ1) is 8.44. The summed E-state index contributed by atoms with van der Waals surface area (Å²) in [5, 5.41) is 0. The van der Waals surface area contributed by atoms with Crippen molar-refractivity contribution in [3.8, 4) is 0 Å². The molecule has 4 nitrogen and oxygen atoms in total. The van der Waals surface area contributed by atoms with E-state index in [2.05, 4.69) is 13.8 Å². The molecule has 0 aromatic heterocycles. The molecule has 0 aromatic carbocycles. The van der Waals surface area contributed by atoms with E-state index >= 15 is 0 Å². The van der Waals surface area contributed by atoms with Gasteiger partial charge in [0.15, 0.2) is 0 Å². The van der Waals surface area contributed by atoms with Crippen LogP contribution in [-0.2, 0) is 9.53 Å². The van der Waals surface area contributed by atoms with Crippen molar-refractivity contribution >= 4 is 12.0 Å². The first-order valence-corrected chi connectivity index (χ1v) is 6.93. The number of carbonyl (C=O) groups is 2. The Labute approximate surface area is 108 Å². The summed E-state index contributed by atoms with van der Waals surface area (Å²) >= 11 is 0. The van der Waals surface area contributed by atoms with Gasteiger partial charge in [0, 0.05) is 11.8 Å². The lowest BCUT2D eigenvalue weighted by Crippen LogP contribution is -2.60. The Hall–Kier alpha value is -1.06. The molecule has 0 radical (unpaired) electrons. The molecule has 2 amide bonds. The van der Waals surface area contributed by atoms with Crippen molar-refractivity contribution in [1.29, 1.82) is 0 Å². The molecule has 1 saturated heterocycles. The Bertz CT molecular complexity index is 409. The Morgan fingerprint density at radius 1 is 1.50 bits per heavy atom. The average Bonchev–Trinajstić information content (AvgIpc) is 2.71. The largest absolute Gasteiger partial charge is 0.448 e. The molecule has 100 valence electrons. The van der Waals surface area contributed by atoms with E-state index < -0.39 is 6.09 Å². The quantitative estimate of drug-likeness (QED) is 0.719. The van der Waals surface area contributed by atoms with Crippen molar-refractivity contribution in [2.75, 3.05) is 6.61 Å². The molecular weight excluding hydrogens is 230 g/mol. The highest BCUT2D eigenvalue weighted by molar-refractivity contribution is 5.93. The third-order valence-corrected chi connectivity index (χ3v) is 5.92. The Morgan fingerprint density at radius 3 is 2.83 bits per heavy atom. The van der Waals surface area contributed by atoms with Crippen molar-refractivity contribution in [3.63, 3.8) is 0 Å². The Morgan fingerprint density at radius 2 is 2.22 bits per heavy atom. The number of imide groups is 1. The Balaban J connectivity index is 2.01. The SMILES string of the molecule is CCC(=O)N1C(=O)OC[C@]23CC[C@H](C[C@@H]12)C3(C)C. The lowest BCUT2D eigenvalue weighted by Gasteiger charge is -2.48. The van der Waals surface area contributed by atoms with Gasteiger partial charge in [-0.15, -0.1) is 0 Å². The lowest BCUT2D eigenvalue weighted by atomic mass is 9.67. The minimum atomic E-state index is -0.430. The van der Waals surface area contributed by atoms with E-state index in [1.54, 1.807) is 6.92 Å². The molecular formula is C14H21NO3. The van der Waals surface area contributed by atoms with E-state index in [1.807, 2.05) is 0 Å². The fourth-order valence-electron chi connectivity index (χ4n) is 4.57. The molecule has 1 spiro atoms. The van der Waals surface area contributed by atoms with E-state index in [-0.39, 0.29) is 22.8 Å². The van der Waals surface area contributed by atoms with Gasteiger partial charge in [-0.25, -0.2) is 9.69 Å². The maximum atomic E-state index is 12.0. The Kier molecular flexibility index (Phi) is 2.32. The van der Waals surface area contributed by atoms with Gasteiger partial charge in [0.05, 0.1) is 6.04 Å². The van der Waals surface area contributed by atoms with Gasteiger partial charge in [0.2, 0.25) is 5.91 Å². The maximum absolute atomic E-state index is 12.0. The summed E-state index contributed by atoms with van der Waals surface area (Å²) < 4.78 is 5.35. The van der Waals surface area contributed by atoms with Crippen molar-refractivity contribution < 1.29 is 14.3 Å². The van der Waals surface area contributed by atoms with E-state index in [0.29, 0.717) is 18.9 Å². The predicted molar refractivity (Wildman–Crippen MR) is 65.8 cm³/mol. The van der Waals surface area contributed by atoms with E-state index in [9.17, 15) is 9.59 Å². The van der Waals surface area contributed by atoms with Crippen molar-refractivity contribution in [2.24, 2.45) is 16.7 Å². The van der Waals surface area contributed by atoms with Crippen LogP contribution in [0.1, 0.15) is 46.5 Å². The van der Waals surface area contributed by atoms with Gasteiger partial charge in [-0.3, -0.25) is 4.79 Å².